The summed E-state index contributed by atoms with van der Waals surface area (Å²) < 4.78 is 0. The van der Waals surface area contributed by atoms with E-state index in [1.807, 2.05) is 6.26 Å². The first-order valence-electron chi connectivity index (χ1n) is 5.84. The predicted octanol–water partition coefficient (Wildman–Crippen LogP) is 3.55. The maximum absolute atomic E-state index is 12.2. The highest BCUT2D eigenvalue weighted by molar-refractivity contribution is 7.98. The van der Waals surface area contributed by atoms with Gasteiger partial charge in [-0.1, -0.05) is 37.0 Å². The third-order valence-electron chi connectivity index (χ3n) is 2.71. The van der Waals surface area contributed by atoms with Gasteiger partial charge >= 0.3 is 5.97 Å². The van der Waals surface area contributed by atoms with Gasteiger partial charge in [0.2, 0.25) is 0 Å². The molecule has 0 saturated heterocycles. The minimum atomic E-state index is -1.08. The SMILES string of the molecule is CSc1cc(C(=O)NC(C(=O)O)C(C)C)c(Cl)cc1Cl. The summed E-state index contributed by atoms with van der Waals surface area (Å²) in [6, 6.07) is 2.07. The molecule has 0 aliphatic rings. The second-order valence-electron chi connectivity index (χ2n) is 4.50. The normalized spacial score (nSPS) is 12.3. The molecular weight excluding hydrogens is 321 g/mol. The van der Waals surface area contributed by atoms with Crippen molar-refractivity contribution in [2.75, 3.05) is 6.26 Å². The Bertz CT molecular complexity index is 535. The molecule has 0 aliphatic heterocycles. The van der Waals surface area contributed by atoms with Crippen molar-refractivity contribution in [3.63, 3.8) is 0 Å². The minimum Gasteiger partial charge on any atom is -0.480 e. The summed E-state index contributed by atoms with van der Waals surface area (Å²) in [5.41, 5.74) is 0.215. The highest BCUT2D eigenvalue weighted by Gasteiger charge is 2.25. The van der Waals surface area contributed by atoms with Gasteiger partial charge in [-0.2, -0.15) is 0 Å². The summed E-state index contributed by atoms with van der Waals surface area (Å²) in [6.45, 7) is 3.44. The van der Waals surface area contributed by atoms with Crippen LogP contribution in [0.4, 0.5) is 0 Å². The van der Waals surface area contributed by atoms with Crippen LogP contribution in [0.3, 0.4) is 0 Å². The van der Waals surface area contributed by atoms with Crippen molar-refractivity contribution in [1.82, 2.24) is 5.32 Å². The van der Waals surface area contributed by atoms with Crippen molar-refractivity contribution in [2.24, 2.45) is 5.92 Å². The van der Waals surface area contributed by atoms with E-state index in [2.05, 4.69) is 5.32 Å². The van der Waals surface area contributed by atoms with E-state index in [0.29, 0.717) is 9.92 Å². The van der Waals surface area contributed by atoms with Gasteiger partial charge in [0.25, 0.3) is 5.91 Å². The highest BCUT2D eigenvalue weighted by Crippen LogP contribution is 2.31. The van der Waals surface area contributed by atoms with Crippen molar-refractivity contribution in [2.45, 2.75) is 24.8 Å². The largest absolute Gasteiger partial charge is 0.480 e. The molecule has 7 heteroatoms. The van der Waals surface area contributed by atoms with Crippen LogP contribution in [-0.2, 0) is 4.79 Å². The van der Waals surface area contributed by atoms with Gasteiger partial charge in [0, 0.05) is 4.90 Å². The number of nitrogens with one attached hydrogen (secondary N) is 1. The molecule has 0 radical (unpaired) electrons. The lowest BCUT2D eigenvalue weighted by Gasteiger charge is -2.18. The van der Waals surface area contributed by atoms with Crippen molar-refractivity contribution in [1.29, 1.82) is 0 Å². The van der Waals surface area contributed by atoms with Crippen LogP contribution in [-0.4, -0.2) is 29.3 Å². The Hall–Kier alpha value is -0.910. The molecule has 1 amide bonds. The average molecular weight is 336 g/mol. The van der Waals surface area contributed by atoms with Gasteiger partial charge in [-0.3, -0.25) is 4.79 Å². The van der Waals surface area contributed by atoms with Crippen LogP contribution in [0.15, 0.2) is 17.0 Å². The van der Waals surface area contributed by atoms with Crippen LogP contribution in [0.1, 0.15) is 24.2 Å². The maximum Gasteiger partial charge on any atom is 0.326 e. The Kier molecular flexibility index (Phi) is 6.17. The van der Waals surface area contributed by atoms with E-state index in [-0.39, 0.29) is 16.5 Å². The second-order valence-corrected chi connectivity index (χ2v) is 6.16. The maximum atomic E-state index is 12.2. The molecule has 4 nitrogen and oxygen atoms in total. The molecule has 110 valence electrons. The number of aliphatic carboxylic acids is 1. The predicted molar refractivity (Wildman–Crippen MR) is 82.0 cm³/mol. The molecule has 0 aliphatic carbocycles. The quantitative estimate of drug-likeness (QED) is 0.807. The first kappa shape index (κ1) is 17.1. The molecule has 20 heavy (non-hydrogen) atoms. The molecule has 0 spiro atoms. The minimum absolute atomic E-state index is 0.193. The van der Waals surface area contributed by atoms with Crippen LogP contribution in [0.2, 0.25) is 10.0 Å². The molecule has 1 atom stereocenters. The smallest absolute Gasteiger partial charge is 0.326 e. The Balaban J connectivity index is 3.06. The lowest BCUT2D eigenvalue weighted by atomic mass is 10.0. The zero-order valence-corrected chi connectivity index (χ0v) is 13.6. The van der Waals surface area contributed by atoms with E-state index >= 15 is 0 Å². The Labute approximate surface area is 131 Å². The average Bonchev–Trinajstić information content (AvgIpc) is 2.35. The van der Waals surface area contributed by atoms with Crippen LogP contribution >= 0.6 is 35.0 Å². The Morgan fingerprint density at radius 3 is 2.30 bits per heavy atom. The Morgan fingerprint density at radius 1 is 1.25 bits per heavy atom. The summed E-state index contributed by atoms with van der Waals surface area (Å²) >= 11 is 13.4. The van der Waals surface area contributed by atoms with Crippen LogP contribution in [0.25, 0.3) is 0 Å². The third-order valence-corrected chi connectivity index (χ3v) is 4.22. The molecule has 1 aromatic rings. The monoisotopic (exact) mass is 335 g/mol. The number of hydrogen-bond acceptors (Lipinski definition) is 3. The van der Waals surface area contributed by atoms with Gasteiger partial charge < -0.3 is 10.4 Å². The topological polar surface area (TPSA) is 66.4 Å². The molecule has 1 unspecified atom stereocenters. The summed E-state index contributed by atoms with van der Waals surface area (Å²) in [5.74, 6) is -1.84. The first-order valence-corrected chi connectivity index (χ1v) is 7.82. The molecule has 0 aromatic heterocycles. The third kappa shape index (κ3) is 4.04. The van der Waals surface area contributed by atoms with Gasteiger partial charge in [0.1, 0.15) is 6.04 Å². The summed E-state index contributed by atoms with van der Waals surface area (Å²) in [5, 5.41) is 12.2. The van der Waals surface area contributed by atoms with Crippen LogP contribution < -0.4 is 5.32 Å². The molecule has 0 heterocycles. The molecule has 1 rings (SSSR count). The van der Waals surface area contributed by atoms with E-state index in [9.17, 15) is 9.59 Å². The fourth-order valence-corrected chi connectivity index (χ4v) is 2.78. The van der Waals surface area contributed by atoms with Gasteiger partial charge in [0.15, 0.2) is 0 Å². The molecular formula is C13H15Cl2NO3S. The fraction of sp³-hybridized carbons (Fsp3) is 0.385. The van der Waals surface area contributed by atoms with Crippen molar-refractivity contribution < 1.29 is 14.7 Å². The fourth-order valence-electron chi connectivity index (χ4n) is 1.59. The summed E-state index contributed by atoms with van der Waals surface area (Å²) in [6.07, 6.45) is 1.82. The summed E-state index contributed by atoms with van der Waals surface area (Å²) in [4.78, 5) is 24.0. The molecule has 2 N–H and O–H groups in total. The number of benzene rings is 1. The van der Waals surface area contributed by atoms with E-state index in [0.717, 1.165) is 0 Å². The van der Waals surface area contributed by atoms with Crippen molar-refractivity contribution in [3.8, 4) is 0 Å². The van der Waals surface area contributed by atoms with Gasteiger partial charge in [-0.05, 0) is 24.3 Å². The second kappa shape index (κ2) is 7.20. The van der Waals surface area contributed by atoms with E-state index in [4.69, 9.17) is 28.3 Å². The summed E-state index contributed by atoms with van der Waals surface area (Å²) in [7, 11) is 0. The standard InChI is InChI=1S/C13H15Cl2NO3S/c1-6(2)11(13(18)19)16-12(17)7-4-10(20-3)9(15)5-8(7)14/h4-6,11H,1-3H3,(H,16,17)(H,18,19). The Morgan fingerprint density at radius 2 is 1.85 bits per heavy atom. The zero-order valence-electron chi connectivity index (χ0n) is 11.2. The van der Waals surface area contributed by atoms with Crippen molar-refractivity contribution in [3.05, 3.63) is 27.7 Å². The molecule has 0 fully saturated rings. The number of rotatable bonds is 5. The number of carbonyl (C=O) groups is 2. The molecule has 1 aromatic carbocycles. The molecule has 0 bridgehead atoms. The highest BCUT2D eigenvalue weighted by atomic mass is 35.5. The zero-order chi connectivity index (χ0) is 15.4. The first-order chi connectivity index (χ1) is 9.27. The van der Waals surface area contributed by atoms with Crippen molar-refractivity contribution >= 4 is 46.8 Å². The van der Waals surface area contributed by atoms with E-state index < -0.39 is 17.9 Å². The number of carboxylic acid groups (broad SMARTS) is 1. The number of hydrogen-bond donors (Lipinski definition) is 2. The number of amides is 1. The lowest BCUT2D eigenvalue weighted by molar-refractivity contribution is -0.140. The van der Waals surface area contributed by atoms with Gasteiger partial charge in [-0.15, -0.1) is 11.8 Å². The van der Waals surface area contributed by atoms with Gasteiger partial charge in [-0.25, -0.2) is 4.79 Å². The van der Waals surface area contributed by atoms with E-state index in [1.165, 1.54) is 17.8 Å². The number of carbonyl (C=O) groups excluding carboxylic acids is 1. The lowest BCUT2D eigenvalue weighted by Crippen LogP contribution is -2.44. The number of carboxylic acids is 1. The van der Waals surface area contributed by atoms with E-state index in [1.54, 1.807) is 19.9 Å². The number of halogens is 2. The molecule has 0 saturated carbocycles. The number of thioether (sulfide) groups is 1. The van der Waals surface area contributed by atoms with Gasteiger partial charge in [0.05, 0.1) is 15.6 Å². The van der Waals surface area contributed by atoms with Crippen LogP contribution in [0.5, 0.6) is 0 Å². The van der Waals surface area contributed by atoms with Crippen LogP contribution in [0, 0.1) is 5.92 Å².